The molecular formula is C20H34FIN4. The number of nitrogens with one attached hydrogen (secondary N) is 2. The highest BCUT2D eigenvalue weighted by Crippen LogP contribution is 2.19. The fourth-order valence-corrected chi connectivity index (χ4v) is 3.46. The van der Waals surface area contributed by atoms with Gasteiger partial charge in [0.2, 0.25) is 0 Å². The van der Waals surface area contributed by atoms with Gasteiger partial charge in [0.05, 0.1) is 0 Å². The minimum atomic E-state index is -0.170. The molecule has 2 N–H and O–H groups in total. The average Bonchev–Trinajstić information content (AvgIpc) is 2.62. The third kappa shape index (κ3) is 7.78. The molecule has 2 rings (SSSR count). The number of halogens is 2. The number of piperidine rings is 1. The van der Waals surface area contributed by atoms with Gasteiger partial charge in [-0.3, -0.25) is 4.99 Å². The molecule has 0 spiro atoms. The van der Waals surface area contributed by atoms with Crippen LogP contribution in [0.2, 0.25) is 0 Å². The summed E-state index contributed by atoms with van der Waals surface area (Å²) in [6.07, 6.45) is 4.69. The van der Waals surface area contributed by atoms with Crippen LogP contribution in [0, 0.1) is 18.7 Å². The van der Waals surface area contributed by atoms with Crippen molar-refractivity contribution in [3.63, 3.8) is 0 Å². The Morgan fingerprint density at radius 1 is 1.23 bits per heavy atom. The zero-order chi connectivity index (χ0) is 18.1. The molecule has 0 bridgehead atoms. The maximum atomic E-state index is 13.1. The van der Waals surface area contributed by atoms with Crippen molar-refractivity contribution in [3.05, 3.63) is 35.1 Å². The zero-order valence-electron chi connectivity index (χ0n) is 16.4. The molecule has 1 fully saturated rings. The Hall–Kier alpha value is -0.890. The average molecular weight is 476 g/mol. The second-order valence-corrected chi connectivity index (χ2v) is 6.91. The van der Waals surface area contributed by atoms with Gasteiger partial charge in [-0.2, -0.15) is 0 Å². The molecule has 1 aromatic carbocycles. The van der Waals surface area contributed by atoms with Crippen molar-refractivity contribution in [1.29, 1.82) is 0 Å². The van der Waals surface area contributed by atoms with Gasteiger partial charge >= 0.3 is 0 Å². The van der Waals surface area contributed by atoms with Crippen molar-refractivity contribution in [2.75, 3.05) is 39.8 Å². The predicted molar refractivity (Wildman–Crippen MR) is 119 cm³/mol. The second kappa shape index (κ2) is 12.5. The predicted octanol–water partition coefficient (Wildman–Crippen LogP) is 3.58. The maximum absolute atomic E-state index is 13.1. The number of hydrogen-bond acceptors (Lipinski definition) is 2. The molecule has 1 heterocycles. The molecular weight excluding hydrogens is 442 g/mol. The van der Waals surface area contributed by atoms with Gasteiger partial charge in [0, 0.05) is 20.1 Å². The molecule has 1 aliphatic rings. The van der Waals surface area contributed by atoms with E-state index >= 15 is 0 Å². The Morgan fingerprint density at radius 2 is 1.92 bits per heavy atom. The van der Waals surface area contributed by atoms with Crippen LogP contribution in [0.15, 0.2) is 23.2 Å². The SMILES string of the molecule is CCN1CCC(CCNC(=NC)NCCc2ccc(F)cc2C)CC1.I. The summed E-state index contributed by atoms with van der Waals surface area (Å²) in [5, 5.41) is 6.77. The van der Waals surface area contributed by atoms with Crippen molar-refractivity contribution in [1.82, 2.24) is 15.5 Å². The summed E-state index contributed by atoms with van der Waals surface area (Å²) in [4.78, 5) is 6.82. The summed E-state index contributed by atoms with van der Waals surface area (Å²) in [6.45, 7) is 9.61. The molecule has 6 heteroatoms. The first-order chi connectivity index (χ1) is 12.1. The number of guanidine groups is 1. The zero-order valence-corrected chi connectivity index (χ0v) is 18.7. The highest BCUT2D eigenvalue weighted by atomic mass is 127. The molecule has 4 nitrogen and oxygen atoms in total. The highest BCUT2D eigenvalue weighted by Gasteiger charge is 2.17. The standard InChI is InChI=1S/C20H33FN4.HI/c1-4-25-13-9-17(10-14-25)7-11-23-20(22-3)24-12-8-18-5-6-19(21)15-16(18)2;/h5-6,15,17H,4,7-14H2,1-3H3,(H2,22,23,24);1H. The van der Waals surface area contributed by atoms with Gasteiger partial charge in [-0.05, 0) is 81.4 Å². The summed E-state index contributed by atoms with van der Waals surface area (Å²) in [5.74, 6) is 1.51. The number of aliphatic imine (C=N–C) groups is 1. The molecule has 0 radical (unpaired) electrons. The molecule has 0 aromatic heterocycles. The first-order valence-electron chi connectivity index (χ1n) is 9.54. The van der Waals surface area contributed by atoms with Crippen LogP contribution in [-0.4, -0.2) is 50.6 Å². The van der Waals surface area contributed by atoms with Crippen molar-refractivity contribution in [3.8, 4) is 0 Å². The minimum Gasteiger partial charge on any atom is -0.356 e. The van der Waals surface area contributed by atoms with Crippen LogP contribution < -0.4 is 10.6 Å². The summed E-state index contributed by atoms with van der Waals surface area (Å²) in [5.41, 5.74) is 2.18. The van der Waals surface area contributed by atoms with E-state index < -0.39 is 0 Å². The summed E-state index contributed by atoms with van der Waals surface area (Å²) in [7, 11) is 1.80. The summed E-state index contributed by atoms with van der Waals surface area (Å²) in [6, 6.07) is 4.98. The van der Waals surface area contributed by atoms with Crippen molar-refractivity contribution < 1.29 is 4.39 Å². The monoisotopic (exact) mass is 476 g/mol. The Labute approximate surface area is 175 Å². The second-order valence-electron chi connectivity index (χ2n) is 6.91. The number of likely N-dealkylation sites (tertiary alicyclic amines) is 1. The molecule has 26 heavy (non-hydrogen) atoms. The van der Waals surface area contributed by atoms with Gasteiger partial charge in [-0.1, -0.05) is 13.0 Å². The van der Waals surface area contributed by atoms with E-state index in [0.717, 1.165) is 37.0 Å². The number of benzene rings is 1. The van der Waals surface area contributed by atoms with Crippen LogP contribution in [0.1, 0.15) is 37.3 Å². The largest absolute Gasteiger partial charge is 0.356 e. The number of rotatable bonds is 7. The van der Waals surface area contributed by atoms with Crippen LogP contribution in [0.5, 0.6) is 0 Å². The Bertz CT molecular complexity index is 557. The lowest BCUT2D eigenvalue weighted by atomic mass is 9.93. The minimum absolute atomic E-state index is 0. The summed E-state index contributed by atoms with van der Waals surface area (Å²) < 4.78 is 13.1. The van der Waals surface area contributed by atoms with E-state index in [1.807, 2.05) is 13.0 Å². The molecule has 0 atom stereocenters. The number of nitrogens with zero attached hydrogens (tertiary/aromatic N) is 2. The lowest BCUT2D eigenvalue weighted by Crippen LogP contribution is -2.40. The molecule has 0 amide bonds. The van der Waals surface area contributed by atoms with E-state index in [0.29, 0.717) is 0 Å². The van der Waals surface area contributed by atoms with Crippen molar-refractivity contribution >= 4 is 29.9 Å². The van der Waals surface area contributed by atoms with E-state index in [4.69, 9.17) is 0 Å². The van der Waals surface area contributed by atoms with Crippen molar-refractivity contribution in [2.24, 2.45) is 10.9 Å². The van der Waals surface area contributed by atoms with Crippen molar-refractivity contribution in [2.45, 2.75) is 39.5 Å². The van der Waals surface area contributed by atoms with Gasteiger partial charge in [0.1, 0.15) is 5.82 Å². The van der Waals surface area contributed by atoms with E-state index in [1.54, 1.807) is 13.1 Å². The lowest BCUT2D eigenvalue weighted by molar-refractivity contribution is 0.187. The first-order valence-corrected chi connectivity index (χ1v) is 9.54. The van der Waals surface area contributed by atoms with Crippen LogP contribution in [-0.2, 0) is 6.42 Å². The third-order valence-electron chi connectivity index (χ3n) is 5.21. The molecule has 1 saturated heterocycles. The van der Waals surface area contributed by atoms with Crippen LogP contribution >= 0.6 is 24.0 Å². The molecule has 1 aliphatic heterocycles. The van der Waals surface area contributed by atoms with Gasteiger partial charge in [0.15, 0.2) is 5.96 Å². The Kier molecular flexibility index (Phi) is 11.1. The fraction of sp³-hybridized carbons (Fsp3) is 0.650. The van der Waals surface area contributed by atoms with Gasteiger partial charge in [0.25, 0.3) is 0 Å². The van der Waals surface area contributed by atoms with Crippen LogP contribution in [0.25, 0.3) is 0 Å². The van der Waals surface area contributed by atoms with Gasteiger partial charge in [-0.25, -0.2) is 4.39 Å². The first kappa shape index (κ1) is 23.1. The molecule has 148 valence electrons. The number of hydrogen-bond donors (Lipinski definition) is 2. The van der Waals surface area contributed by atoms with E-state index in [-0.39, 0.29) is 29.8 Å². The van der Waals surface area contributed by atoms with Crippen LogP contribution in [0.4, 0.5) is 4.39 Å². The van der Waals surface area contributed by atoms with Gasteiger partial charge in [-0.15, -0.1) is 24.0 Å². The lowest BCUT2D eigenvalue weighted by Gasteiger charge is -2.31. The smallest absolute Gasteiger partial charge is 0.190 e. The molecule has 0 unspecified atom stereocenters. The molecule has 0 aliphatic carbocycles. The molecule has 1 aromatic rings. The van der Waals surface area contributed by atoms with Crippen LogP contribution in [0.3, 0.4) is 0 Å². The van der Waals surface area contributed by atoms with E-state index in [9.17, 15) is 4.39 Å². The van der Waals surface area contributed by atoms with Gasteiger partial charge < -0.3 is 15.5 Å². The quantitative estimate of drug-likeness (QED) is 0.359. The Morgan fingerprint density at radius 3 is 2.54 bits per heavy atom. The maximum Gasteiger partial charge on any atom is 0.190 e. The summed E-state index contributed by atoms with van der Waals surface area (Å²) >= 11 is 0. The van der Waals surface area contributed by atoms with E-state index in [2.05, 4.69) is 27.4 Å². The normalized spacial score (nSPS) is 16.2. The third-order valence-corrected chi connectivity index (χ3v) is 5.21. The number of aryl methyl sites for hydroxylation is 1. The molecule has 0 saturated carbocycles. The van der Waals surface area contributed by atoms with E-state index in [1.165, 1.54) is 50.5 Å². The highest BCUT2D eigenvalue weighted by molar-refractivity contribution is 14.0. The Balaban J connectivity index is 0.00000338. The topological polar surface area (TPSA) is 39.7 Å². The fourth-order valence-electron chi connectivity index (χ4n) is 3.46.